The number of amides is 2. The lowest BCUT2D eigenvalue weighted by atomic mass is 10.1. The molecule has 2 aromatic rings. The van der Waals surface area contributed by atoms with Crippen LogP contribution in [0.5, 0.6) is 0 Å². The summed E-state index contributed by atoms with van der Waals surface area (Å²) in [5.74, 6) is 1.27. The minimum Gasteiger partial charge on any atom is -0.339 e. The average molecular weight is 345 g/mol. The predicted molar refractivity (Wildman–Crippen MR) is 91.3 cm³/mol. The van der Waals surface area contributed by atoms with Crippen molar-refractivity contribution in [2.45, 2.75) is 37.6 Å². The lowest BCUT2D eigenvalue weighted by Gasteiger charge is -2.32. The van der Waals surface area contributed by atoms with E-state index in [1.54, 1.807) is 18.5 Å². The van der Waals surface area contributed by atoms with E-state index in [2.05, 4.69) is 35.7 Å². The Kier molecular flexibility index (Phi) is 4.24. The zero-order valence-corrected chi connectivity index (χ0v) is 14.0. The van der Waals surface area contributed by atoms with E-state index in [4.69, 9.17) is 0 Å². The molecule has 24 heavy (non-hydrogen) atoms. The van der Waals surface area contributed by atoms with Crippen LogP contribution < -0.4 is 15.5 Å². The quantitative estimate of drug-likeness (QED) is 0.880. The van der Waals surface area contributed by atoms with Gasteiger partial charge in [-0.3, -0.25) is 5.32 Å². The molecule has 8 nitrogen and oxygen atoms in total. The van der Waals surface area contributed by atoms with E-state index in [9.17, 15) is 4.79 Å². The summed E-state index contributed by atoms with van der Waals surface area (Å²) in [4.78, 5) is 22.8. The van der Waals surface area contributed by atoms with Crippen molar-refractivity contribution >= 4 is 28.4 Å². The first-order chi connectivity index (χ1) is 11.8. The topological polar surface area (TPSA) is 95.9 Å². The van der Waals surface area contributed by atoms with Crippen LogP contribution in [0.15, 0.2) is 18.5 Å². The minimum absolute atomic E-state index is 0.0679. The van der Waals surface area contributed by atoms with Crippen molar-refractivity contribution in [2.75, 3.05) is 23.3 Å². The number of urea groups is 1. The van der Waals surface area contributed by atoms with Crippen LogP contribution in [0.25, 0.3) is 0 Å². The van der Waals surface area contributed by atoms with Gasteiger partial charge in [-0.1, -0.05) is 11.3 Å². The second-order valence-corrected chi connectivity index (χ2v) is 7.16. The average Bonchev–Trinajstić information content (AvgIpc) is 3.36. The predicted octanol–water partition coefficient (Wildman–Crippen LogP) is 2.00. The summed E-state index contributed by atoms with van der Waals surface area (Å²) in [7, 11) is 0. The van der Waals surface area contributed by atoms with Crippen LogP contribution in [0.3, 0.4) is 0 Å². The molecule has 2 aromatic heterocycles. The van der Waals surface area contributed by atoms with Gasteiger partial charge in [-0.05, 0) is 31.7 Å². The van der Waals surface area contributed by atoms with Crippen LogP contribution in [0, 0.1) is 0 Å². The molecule has 2 amide bonds. The van der Waals surface area contributed by atoms with Gasteiger partial charge in [0, 0.05) is 37.4 Å². The maximum absolute atomic E-state index is 12.2. The van der Waals surface area contributed by atoms with Gasteiger partial charge < -0.3 is 10.2 Å². The molecule has 0 bridgehead atoms. The first-order valence-corrected chi connectivity index (χ1v) is 9.02. The maximum atomic E-state index is 12.2. The molecule has 1 saturated heterocycles. The van der Waals surface area contributed by atoms with E-state index < -0.39 is 0 Å². The molecule has 1 atom stereocenters. The number of aromatic nitrogens is 4. The van der Waals surface area contributed by atoms with Crippen molar-refractivity contribution in [3.05, 3.63) is 23.5 Å². The number of piperidine rings is 1. The monoisotopic (exact) mass is 345 g/mol. The first kappa shape index (κ1) is 15.3. The number of hydrogen-bond donors (Lipinski definition) is 2. The summed E-state index contributed by atoms with van der Waals surface area (Å²) in [6, 6.07) is 1.64. The van der Waals surface area contributed by atoms with Gasteiger partial charge in [0.1, 0.15) is 5.01 Å². The highest BCUT2D eigenvalue weighted by molar-refractivity contribution is 7.15. The molecule has 4 rings (SSSR count). The maximum Gasteiger partial charge on any atom is 0.321 e. The molecular weight excluding hydrogens is 326 g/mol. The molecule has 126 valence electrons. The first-order valence-electron chi connectivity index (χ1n) is 8.21. The second kappa shape index (κ2) is 6.68. The van der Waals surface area contributed by atoms with Gasteiger partial charge in [0.15, 0.2) is 0 Å². The molecule has 1 aliphatic heterocycles. The van der Waals surface area contributed by atoms with Crippen LogP contribution in [0.1, 0.15) is 36.6 Å². The second-order valence-electron chi connectivity index (χ2n) is 6.15. The third-order valence-corrected chi connectivity index (χ3v) is 5.18. The molecule has 0 aromatic carbocycles. The van der Waals surface area contributed by atoms with E-state index in [-0.39, 0.29) is 12.1 Å². The highest BCUT2D eigenvalue weighted by atomic mass is 32.1. The SMILES string of the molecule is O=C(Nc1nnc(C2CC2)s1)N[C@@H]1CCCN(c2ncccn2)C1. The molecule has 3 heterocycles. The highest BCUT2D eigenvalue weighted by Gasteiger charge is 2.28. The van der Waals surface area contributed by atoms with Crippen molar-refractivity contribution < 1.29 is 4.79 Å². The van der Waals surface area contributed by atoms with Crippen LogP contribution in [0.2, 0.25) is 0 Å². The van der Waals surface area contributed by atoms with Crippen molar-refractivity contribution in [3.8, 4) is 0 Å². The highest BCUT2D eigenvalue weighted by Crippen LogP contribution is 2.42. The molecule has 1 saturated carbocycles. The van der Waals surface area contributed by atoms with Gasteiger partial charge in [-0.15, -0.1) is 10.2 Å². The summed E-state index contributed by atoms with van der Waals surface area (Å²) in [6.07, 6.45) is 7.77. The Hall–Kier alpha value is -2.29. The Balaban J connectivity index is 1.31. The zero-order valence-electron chi connectivity index (χ0n) is 13.2. The van der Waals surface area contributed by atoms with E-state index >= 15 is 0 Å². The number of hydrogen-bond acceptors (Lipinski definition) is 7. The van der Waals surface area contributed by atoms with Gasteiger partial charge in [-0.2, -0.15) is 0 Å². The fourth-order valence-corrected chi connectivity index (χ4v) is 3.74. The zero-order chi connectivity index (χ0) is 16.4. The number of carbonyl (C=O) groups is 1. The van der Waals surface area contributed by atoms with Crippen molar-refractivity contribution in [3.63, 3.8) is 0 Å². The lowest BCUT2D eigenvalue weighted by molar-refractivity contribution is 0.246. The Morgan fingerprint density at radius 1 is 1.21 bits per heavy atom. The molecule has 2 aliphatic rings. The molecular formula is C15H19N7OS. The Bertz CT molecular complexity index is 703. The van der Waals surface area contributed by atoms with Crippen molar-refractivity contribution in [2.24, 2.45) is 0 Å². The molecule has 0 radical (unpaired) electrons. The normalized spacial score (nSPS) is 20.7. The largest absolute Gasteiger partial charge is 0.339 e. The van der Waals surface area contributed by atoms with Crippen LogP contribution >= 0.6 is 11.3 Å². The Labute approximate surface area is 143 Å². The minimum atomic E-state index is -0.227. The van der Waals surface area contributed by atoms with E-state index in [1.165, 1.54) is 24.2 Å². The fraction of sp³-hybridized carbons (Fsp3) is 0.533. The third kappa shape index (κ3) is 3.61. The van der Waals surface area contributed by atoms with Gasteiger partial charge >= 0.3 is 6.03 Å². The van der Waals surface area contributed by atoms with Crippen molar-refractivity contribution in [1.29, 1.82) is 0 Å². The summed E-state index contributed by atoms with van der Waals surface area (Å²) in [6.45, 7) is 1.62. The number of rotatable bonds is 4. The van der Waals surface area contributed by atoms with E-state index in [1.807, 2.05) is 0 Å². The van der Waals surface area contributed by atoms with E-state index in [0.29, 0.717) is 23.5 Å². The molecule has 0 spiro atoms. The summed E-state index contributed by atoms with van der Waals surface area (Å²) < 4.78 is 0. The molecule has 2 N–H and O–H groups in total. The number of nitrogens with zero attached hydrogens (tertiary/aromatic N) is 5. The van der Waals surface area contributed by atoms with Crippen LogP contribution in [-0.2, 0) is 0 Å². The standard InChI is InChI=1S/C15H19N7OS/c23-14(19-15-21-20-12(24-15)10-4-5-10)18-11-3-1-8-22(9-11)13-16-6-2-7-17-13/h2,6-7,10-11H,1,3-5,8-9H2,(H2,18,19,21,23)/t11-/m1/s1. The van der Waals surface area contributed by atoms with Gasteiger partial charge in [0.25, 0.3) is 0 Å². The van der Waals surface area contributed by atoms with Gasteiger partial charge in [-0.25, -0.2) is 14.8 Å². The molecule has 9 heteroatoms. The smallest absolute Gasteiger partial charge is 0.321 e. The molecule has 0 unspecified atom stereocenters. The number of anilines is 2. The summed E-state index contributed by atoms with van der Waals surface area (Å²) in [5, 5.41) is 15.6. The van der Waals surface area contributed by atoms with Gasteiger partial charge in [0.2, 0.25) is 11.1 Å². The Morgan fingerprint density at radius 2 is 2.04 bits per heavy atom. The number of nitrogens with one attached hydrogen (secondary N) is 2. The van der Waals surface area contributed by atoms with Crippen molar-refractivity contribution in [1.82, 2.24) is 25.5 Å². The summed E-state index contributed by atoms with van der Waals surface area (Å²) >= 11 is 1.47. The lowest BCUT2D eigenvalue weighted by Crippen LogP contribution is -2.49. The van der Waals surface area contributed by atoms with Gasteiger partial charge in [0.05, 0.1) is 0 Å². The summed E-state index contributed by atoms with van der Waals surface area (Å²) in [5.41, 5.74) is 0. The fourth-order valence-electron chi connectivity index (χ4n) is 2.83. The molecule has 2 fully saturated rings. The van der Waals surface area contributed by atoms with E-state index in [0.717, 1.165) is 24.4 Å². The van der Waals surface area contributed by atoms with Crippen LogP contribution in [-0.4, -0.2) is 45.3 Å². The van der Waals surface area contributed by atoms with Crippen LogP contribution in [0.4, 0.5) is 15.9 Å². The number of carbonyl (C=O) groups excluding carboxylic acids is 1. The Morgan fingerprint density at radius 3 is 2.83 bits per heavy atom. The molecule has 1 aliphatic carbocycles. The third-order valence-electron chi connectivity index (χ3n) is 4.18.